The molecule has 0 atom stereocenters. The molecule has 0 saturated heterocycles. The average Bonchev–Trinajstić information content (AvgIpc) is 2.60. The number of nitrogens with one attached hydrogen (secondary N) is 2. The third-order valence-corrected chi connectivity index (χ3v) is 3.37. The summed E-state index contributed by atoms with van der Waals surface area (Å²) in [5, 5.41) is 6.03. The largest absolute Gasteiger partial charge is 0.496 e. The van der Waals surface area contributed by atoms with Gasteiger partial charge in [-0.25, -0.2) is 9.97 Å². The second-order valence-electron chi connectivity index (χ2n) is 5.06. The van der Waals surface area contributed by atoms with Crippen LogP contribution in [0.4, 0.5) is 5.82 Å². The van der Waals surface area contributed by atoms with E-state index in [1.807, 2.05) is 24.3 Å². The van der Waals surface area contributed by atoms with Gasteiger partial charge in [0.05, 0.1) is 7.11 Å². The number of hydrogen-bond acceptors (Lipinski definition) is 5. The maximum absolute atomic E-state index is 12.2. The van der Waals surface area contributed by atoms with Gasteiger partial charge >= 0.3 is 0 Å². The summed E-state index contributed by atoms with van der Waals surface area (Å²) < 4.78 is 5.27. The van der Waals surface area contributed by atoms with E-state index < -0.39 is 0 Å². The second-order valence-corrected chi connectivity index (χ2v) is 5.06. The molecule has 0 bridgehead atoms. The number of anilines is 1. The number of para-hydroxylation sites is 1. The number of nitrogens with zero attached hydrogens (tertiary/aromatic N) is 2. The zero-order chi connectivity index (χ0) is 16.5. The predicted octanol–water partition coefficient (Wildman–Crippen LogP) is 2.63. The molecule has 2 aromatic rings. The fourth-order valence-corrected chi connectivity index (χ4v) is 2.09. The number of carbonyl (C=O) groups is 1. The smallest absolute Gasteiger partial charge is 0.270 e. The Bertz CT molecular complexity index is 646. The fraction of sp³-hybridized carbons (Fsp3) is 0.353. The SMILES string of the molecule is CCCCNc1cc(C(=O)NCc2ccccc2OC)ncn1. The standard InChI is InChI=1S/C17H22N4O2/c1-3-4-9-18-16-10-14(20-12-21-16)17(22)19-11-13-7-5-6-8-15(13)23-2/h5-8,10,12H,3-4,9,11H2,1-2H3,(H,19,22)(H,18,20,21). The van der Waals surface area contributed by atoms with Crippen LogP contribution in [0, 0.1) is 0 Å². The Balaban J connectivity index is 1.96. The summed E-state index contributed by atoms with van der Waals surface area (Å²) in [6, 6.07) is 9.24. The van der Waals surface area contributed by atoms with Crippen LogP contribution in [0.2, 0.25) is 0 Å². The Hall–Kier alpha value is -2.63. The van der Waals surface area contributed by atoms with Gasteiger partial charge in [0, 0.05) is 24.7 Å². The molecule has 1 heterocycles. The van der Waals surface area contributed by atoms with Gasteiger partial charge in [-0.15, -0.1) is 0 Å². The van der Waals surface area contributed by atoms with Crippen molar-refractivity contribution in [2.24, 2.45) is 0 Å². The summed E-state index contributed by atoms with van der Waals surface area (Å²) in [6.07, 6.45) is 3.55. The molecule has 23 heavy (non-hydrogen) atoms. The highest BCUT2D eigenvalue weighted by Gasteiger charge is 2.10. The van der Waals surface area contributed by atoms with Gasteiger partial charge in [-0.05, 0) is 12.5 Å². The van der Waals surface area contributed by atoms with E-state index in [4.69, 9.17) is 4.74 Å². The summed E-state index contributed by atoms with van der Waals surface area (Å²) >= 11 is 0. The van der Waals surface area contributed by atoms with Crippen molar-refractivity contribution < 1.29 is 9.53 Å². The van der Waals surface area contributed by atoms with E-state index in [1.165, 1.54) is 6.33 Å². The Morgan fingerprint density at radius 1 is 1.26 bits per heavy atom. The molecule has 6 heteroatoms. The third-order valence-electron chi connectivity index (χ3n) is 3.37. The normalized spacial score (nSPS) is 10.2. The van der Waals surface area contributed by atoms with Crippen LogP contribution in [-0.4, -0.2) is 29.5 Å². The minimum atomic E-state index is -0.239. The van der Waals surface area contributed by atoms with Gasteiger partial charge in [0.15, 0.2) is 0 Å². The molecular formula is C17H22N4O2. The van der Waals surface area contributed by atoms with Crippen molar-refractivity contribution in [3.05, 3.63) is 47.9 Å². The van der Waals surface area contributed by atoms with Crippen molar-refractivity contribution in [1.82, 2.24) is 15.3 Å². The van der Waals surface area contributed by atoms with Crippen molar-refractivity contribution in [3.8, 4) is 5.75 Å². The molecule has 6 nitrogen and oxygen atoms in total. The van der Waals surface area contributed by atoms with Crippen LogP contribution >= 0.6 is 0 Å². The molecule has 0 radical (unpaired) electrons. The molecule has 122 valence electrons. The number of benzene rings is 1. The maximum atomic E-state index is 12.2. The van der Waals surface area contributed by atoms with Gasteiger partial charge < -0.3 is 15.4 Å². The zero-order valence-corrected chi connectivity index (χ0v) is 13.5. The lowest BCUT2D eigenvalue weighted by Gasteiger charge is -2.10. The number of methoxy groups -OCH3 is 1. The minimum absolute atomic E-state index is 0.239. The molecule has 2 rings (SSSR count). The lowest BCUT2D eigenvalue weighted by molar-refractivity contribution is 0.0945. The minimum Gasteiger partial charge on any atom is -0.496 e. The summed E-state index contributed by atoms with van der Waals surface area (Å²) in [6.45, 7) is 3.33. The molecule has 0 unspecified atom stereocenters. The molecule has 0 aliphatic heterocycles. The maximum Gasteiger partial charge on any atom is 0.270 e. The predicted molar refractivity (Wildman–Crippen MR) is 89.6 cm³/mol. The van der Waals surface area contributed by atoms with Crippen molar-refractivity contribution >= 4 is 11.7 Å². The van der Waals surface area contributed by atoms with Crippen LogP contribution in [0.3, 0.4) is 0 Å². The molecule has 1 aromatic carbocycles. The number of carbonyl (C=O) groups excluding carboxylic acids is 1. The van der Waals surface area contributed by atoms with Crippen LogP contribution < -0.4 is 15.4 Å². The van der Waals surface area contributed by atoms with Gasteiger partial charge in [-0.2, -0.15) is 0 Å². The Labute approximate surface area is 136 Å². The molecule has 0 fully saturated rings. The van der Waals surface area contributed by atoms with Crippen molar-refractivity contribution in [2.75, 3.05) is 19.0 Å². The van der Waals surface area contributed by atoms with E-state index in [-0.39, 0.29) is 5.91 Å². The lowest BCUT2D eigenvalue weighted by atomic mass is 10.2. The molecule has 0 spiro atoms. The van der Waals surface area contributed by atoms with Gasteiger partial charge in [0.25, 0.3) is 5.91 Å². The molecule has 0 aliphatic carbocycles. The summed E-state index contributed by atoms with van der Waals surface area (Å²) in [7, 11) is 1.61. The first-order valence-corrected chi connectivity index (χ1v) is 7.70. The van der Waals surface area contributed by atoms with Crippen LogP contribution in [-0.2, 0) is 6.54 Å². The number of rotatable bonds is 8. The summed E-state index contributed by atoms with van der Waals surface area (Å²) in [4.78, 5) is 20.4. The van der Waals surface area contributed by atoms with Crippen molar-refractivity contribution in [2.45, 2.75) is 26.3 Å². The van der Waals surface area contributed by atoms with Crippen molar-refractivity contribution in [3.63, 3.8) is 0 Å². The van der Waals surface area contributed by atoms with E-state index in [0.29, 0.717) is 18.1 Å². The molecule has 1 amide bonds. The van der Waals surface area contributed by atoms with E-state index in [2.05, 4.69) is 27.5 Å². The Morgan fingerprint density at radius 3 is 2.87 bits per heavy atom. The quantitative estimate of drug-likeness (QED) is 0.733. The zero-order valence-electron chi connectivity index (χ0n) is 13.5. The third kappa shape index (κ3) is 4.95. The summed E-state index contributed by atoms with van der Waals surface area (Å²) in [5.74, 6) is 1.17. The van der Waals surface area contributed by atoms with Gasteiger partial charge in [0.1, 0.15) is 23.6 Å². The average molecular weight is 314 g/mol. The van der Waals surface area contributed by atoms with Gasteiger partial charge in [-0.1, -0.05) is 31.5 Å². The van der Waals surface area contributed by atoms with Crippen LogP contribution in [0.25, 0.3) is 0 Å². The first-order chi connectivity index (χ1) is 11.2. The van der Waals surface area contributed by atoms with E-state index in [1.54, 1.807) is 13.2 Å². The van der Waals surface area contributed by atoms with Crippen molar-refractivity contribution in [1.29, 1.82) is 0 Å². The number of hydrogen-bond donors (Lipinski definition) is 2. The van der Waals surface area contributed by atoms with Crippen LogP contribution in [0.15, 0.2) is 36.7 Å². The first kappa shape index (κ1) is 16.7. The van der Waals surface area contributed by atoms with Crippen LogP contribution in [0.5, 0.6) is 5.75 Å². The molecule has 1 aromatic heterocycles. The van der Waals surface area contributed by atoms with E-state index >= 15 is 0 Å². The topological polar surface area (TPSA) is 76.1 Å². The number of unbranched alkanes of at least 4 members (excludes halogenated alkanes) is 1. The fourth-order valence-electron chi connectivity index (χ4n) is 2.09. The second kappa shape index (κ2) is 8.73. The lowest BCUT2D eigenvalue weighted by Crippen LogP contribution is -2.24. The molecule has 0 saturated carbocycles. The monoisotopic (exact) mass is 314 g/mol. The Morgan fingerprint density at radius 2 is 2.09 bits per heavy atom. The van der Waals surface area contributed by atoms with E-state index in [0.717, 1.165) is 30.7 Å². The summed E-state index contributed by atoms with van der Waals surface area (Å²) in [5.41, 5.74) is 1.26. The van der Waals surface area contributed by atoms with Gasteiger partial charge in [-0.3, -0.25) is 4.79 Å². The first-order valence-electron chi connectivity index (χ1n) is 7.70. The molecule has 0 aliphatic rings. The number of ether oxygens (including phenoxy) is 1. The molecule has 2 N–H and O–H groups in total. The van der Waals surface area contributed by atoms with Gasteiger partial charge in [0.2, 0.25) is 0 Å². The number of amides is 1. The number of aromatic nitrogens is 2. The highest BCUT2D eigenvalue weighted by molar-refractivity contribution is 5.92. The molecular weight excluding hydrogens is 292 g/mol. The van der Waals surface area contributed by atoms with E-state index in [9.17, 15) is 4.79 Å². The van der Waals surface area contributed by atoms with Crippen LogP contribution in [0.1, 0.15) is 35.8 Å². The highest BCUT2D eigenvalue weighted by Crippen LogP contribution is 2.16. The Kier molecular flexibility index (Phi) is 6.35. The highest BCUT2D eigenvalue weighted by atomic mass is 16.5.